The minimum Gasteiger partial charge on any atom is -0.493 e. The molecular weight excluding hydrogens is 295 g/mol. The van der Waals surface area contributed by atoms with Crippen LogP contribution in [-0.2, 0) is 10.0 Å². The van der Waals surface area contributed by atoms with Crippen LogP contribution < -0.4 is 9.88 Å². The van der Waals surface area contributed by atoms with E-state index in [4.69, 9.17) is 9.88 Å². The lowest BCUT2D eigenvalue weighted by Crippen LogP contribution is -2.13. The van der Waals surface area contributed by atoms with Crippen molar-refractivity contribution in [3.05, 3.63) is 23.3 Å². The van der Waals surface area contributed by atoms with Crippen molar-refractivity contribution in [2.45, 2.75) is 37.8 Å². The van der Waals surface area contributed by atoms with Gasteiger partial charge in [-0.25, -0.2) is 13.6 Å². The molecular formula is C12H16F3NO3S. The van der Waals surface area contributed by atoms with Gasteiger partial charge in [0.1, 0.15) is 5.75 Å². The number of alkyl halides is 3. The molecule has 0 amide bonds. The predicted molar refractivity (Wildman–Crippen MR) is 68.1 cm³/mol. The molecule has 8 heteroatoms. The number of halogens is 3. The topological polar surface area (TPSA) is 69.4 Å². The van der Waals surface area contributed by atoms with E-state index in [0.717, 1.165) is 0 Å². The molecule has 0 saturated heterocycles. The van der Waals surface area contributed by atoms with Gasteiger partial charge in [-0.15, -0.1) is 0 Å². The van der Waals surface area contributed by atoms with E-state index < -0.39 is 22.6 Å². The molecule has 0 heterocycles. The van der Waals surface area contributed by atoms with Gasteiger partial charge in [-0.2, -0.15) is 13.2 Å². The smallest absolute Gasteiger partial charge is 0.389 e. The lowest BCUT2D eigenvalue weighted by molar-refractivity contribution is -0.136. The summed E-state index contributed by atoms with van der Waals surface area (Å²) in [6, 6.07) is 2.67. The Balaban J connectivity index is 2.78. The summed E-state index contributed by atoms with van der Waals surface area (Å²) in [5.41, 5.74) is 1.03. The zero-order valence-corrected chi connectivity index (χ0v) is 11.9. The van der Waals surface area contributed by atoms with Gasteiger partial charge < -0.3 is 4.74 Å². The maximum Gasteiger partial charge on any atom is 0.389 e. The van der Waals surface area contributed by atoms with Crippen molar-refractivity contribution in [2.24, 2.45) is 5.14 Å². The van der Waals surface area contributed by atoms with Crippen molar-refractivity contribution in [2.75, 3.05) is 6.61 Å². The highest BCUT2D eigenvalue weighted by Crippen LogP contribution is 2.27. The van der Waals surface area contributed by atoms with Crippen molar-refractivity contribution in [1.29, 1.82) is 0 Å². The van der Waals surface area contributed by atoms with Crippen LogP contribution >= 0.6 is 0 Å². The molecule has 0 bridgehead atoms. The first kappa shape index (κ1) is 16.8. The summed E-state index contributed by atoms with van der Waals surface area (Å²) in [5.74, 6) is 0.388. The van der Waals surface area contributed by atoms with Crippen molar-refractivity contribution >= 4 is 10.0 Å². The fourth-order valence-corrected chi connectivity index (χ4v) is 2.43. The molecule has 0 aromatic heterocycles. The Morgan fingerprint density at radius 1 is 1.20 bits per heavy atom. The summed E-state index contributed by atoms with van der Waals surface area (Å²) in [7, 11) is -3.81. The lowest BCUT2D eigenvalue weighted by Gasteiger charge is -2.14. The molecule has 0 aliphatic carbocycles. The molecule has 4 nitrogen and oxygen atoms in total. The third-order valence-corrected chi connectivity index (χ3v) is 3.51. The fourth-order valence-electron chi connectivity index (χ4n) is 1.75. The van der Waals surface area contributed by atoms with E-state index >= 15 is 0 Å². The Morgan fingerprint density at radius 3 is 2.10 bits per heavy atom. The first-order valence-corrected chi connectivity index (χ1v) is 7.39. The number of nitrogens with two attached hydrogens (primary N) is 1. The van der Waals surface area contributed by atoms with E-state index in [1.807, 2.05) is 0 Å². The molecule has 0 fully saturated rings. The second-order valence-electron chi connectivity index (χ2n) is 4.50. The number of sulfonamides is 1. The van der Waals surface area contributed by atoms with Gasteiger partial charge in [0, 0.05) is 6.42 Å². The monoisotopic (exact) mass is 311 g/mol. The predicted octanol–water partition coefficient (Wildman–Crippen LogP) is 2.67. The number of ether oxygens (including phenoxy) is 1. The van der Waals surface area contributed by atoms with Gasteiger partial charge >= 0.3 is 6.18 Å². The first-order chi connectivity index (χ1) is 9.00. The maximum atomic E-state index is 12.0. The van der Waals surface area contributed by atoms with Crippen molar-refractivity contribution < 1.29 is 26.3 Å². The average molecular weight is 311 g/mol. The molecule has 0 aliphatic heterocycles. The summed E-state index contributed by atoms with van der Waals surface area (Å²) in [4.78, 5) is -0.0462. The Bertz CT molecular complexity index is 559. The van der Waals surface area contributed by atoms with E-state index in [0.29, 0.717) is 16.9 Å². The van der Waals surface area contributed by atoms with Gasteiger partial charge in [0.05, 0.1) is 11.5 Å². The first-order valence-electron chi connectivity index (χ1n) is 5.84. The standard InChI is InChI=1S/C12H16F3NO3S/c1-8-6-10(20(16,17)18)7-9(2)11(8)19-5-3-4-12(13,14)15/h6-7H,3-5H2,1-2H3,(H2,16,17,18). The number of primary sulfonamides is 1. The highest BCUT2D eigenvalue weighted by molar-refractivity contribution is 7.89. The molecule has 0 unspecified atom stereocenters. The van der Waals surface area contributed by atoms with Crippen LogP contribution in [0.15, 0.2) is 17.0 Å². The molecule has 114 valence electrons. The third kappa shape index (κ3) is 5.01. The van der Waals surface area contributed by atoms with Crippen LogP contribution in [0.3, 0.4) is 0 Å². The quantitative estimate of drug-likeness (QED) is 0.850. The van der Waals surface area contributed by atoms with Gasteiger partial charge in [0.2, 0.25) is 10.0 Å². The van der Waals surface area contributed by atoms with Crippen molar-refractivity contribution in [3.8, 4) is 5.75 Å². The molecule has 20 heavy (non-hydrogen) atoms. The Morgan fingerprint density at radius 2 is 1.70 bits per heavy atom. The Labute approximate surface area is 115 Å². The van der Waals surface area contributed by atoms with Crippen molar-refractivity contribution in [3.63, 3.8) is 0 Å². The second-order valence-corrected chi connectivity index (χ2v) is 6.06. The summed E-state index contributed by atoms with van der Waals surface area (Å²) in [5, 5.41) is 5.02. The van der Waals surface area contributed by atoms with Crippen LogP contribution in [0, 0.1) is 13.8 Å². The van der Waals surface area contributed by atoms with Gasteiger partial charge in [-0.05, 0) is 43.5 Å². The number of hydrogen-bond donors (Lipinski definition) is 1. The maximum absolute atomic E-state index is 12.0. The molecule has 2 N–H and O–H groups in total. The number of aryl methyl sites for hydroxylation is 2. The zero-order chi connectivity index (χ0) is 15.6. The second kappa shape index (κ2) is 6.01. The van der Waals surface area contributed by atoms with Gasteiger partial charge in [0.25, 0.3) is 0 Å². The molecule has 0 spiro atoms. The van der Waals surface area contributed by atoms with Crippen LogP contribution in [0.4, 0.5) is 13.2 Å². The van der Waals surface area contributed by atoms with Gasteiger partial charge in [0.15, 0.2) is 0 Å². The molecule has 0 aliphatic rings. The molecule has 0 atom stereocenters. The minimum atomic E-state index is -4.20. The molecule has 1 aromatic rings. The van der Waals surface area contributed by atoms with E-state index in [-0.39, 0.29) is 17.9 Å². The molecule has 0 saturated carbocycles. The minimum absolute atomic E-state index is 0.0462. The third-order valence-electron chi connectivity index (χ3n) is 2.61. The van der Waals surface area contributed by atoms with Crippen LogP contribution in [0.1, 0.15) is 24.0 Å². The summed E-state index contributed by atoms with van der Waals surface area (Å²) < 4.78 is 63.7. The fraction of sp³-hybridized carbons (Fsp3) is 0.500. The Kier molecular flexibility index (Phi) is 5.04. The van der Waals surface area contributed by atoms with Crippen LogP contribution in [-0.4, -0.2) is 21.2 Å². The average Bonchev–Trinajstić information content (AvgIpc) is 2.23. The summed E-state index contributed by atoms with van der Waals surface area (Å²) >= 11 is 0. The number of rotatable bonds is 5. The molecule has 0 radical (unpaired) electrons. The van der Waals surface area contributed by atoms with Crippen molar-refractivity contribution in [1.82, 2.24) is 0 Å². The van der Waals surface area contributed by atoms with Crippen LogP contribution in [0.5, 0.6) is 5.75 Å². The lowest BCUT2D eigenvalue weighted by atomic mass is 10.1. The number of benzene rings is 1. The molecule has 1 rings (SSSR count). The van der Waals surface area contributed by atoms with Gasteiger partial charge in [-0.3, -0.25) is 0 Å². The summed E-state index contributed by atoms with van der Waals surface area (Å²) in [6.07, 6.45) is -5.27. The highest BCUT2D eigenvalue weighted by atomic mass is 32.2. The van der Waals surface area contributed by atoms with E-state index in [1.54, 1.807) is 13.8 Å². The molecule has 1 aromatic carbocycles. The summed E-state index contributed by atoms with van der Waals surface area (Å²) in [6.45, 7) is 3.14. The van der Waals surface area contributed by atoms with Crippen LogP contribution in [0.2, 0.25) is 0 Å². The number of hydrogen-bond acceptors (Lipinski definition) is 3. The van der Waals surface area contributed by atoms with E-state index in [1.165, 1.54) is 12.1 Å². The normalized spacial score (nSPS) is 12.5. The SMILES string of the molecule is Cc1cc(S(N)(=O)=O)cc(C)c1OCCCC(F)(F)F. The zero-order valence-electron chi connectivity index (χ0n) is 11.1. The highest BCUT2D eigenvalue weighted by Gasteiger charge is 2.26. The largest absolute Gasteiger partial charge is 0.493 e. The van der Waals surface area contributed by atoms with E-state index in [9.17, 15) is 21.6 Å². The van der Waals surface area contributed by atoms with Gasteiger partial charge in [-0.1, -0.05) is 0 Å². The Hall–Kier alpha value is -1.28. The van der Waals surface area contributed by atoms with E-state index in [2.05, 4.69) is 0 Å². The van der Waals surface area contributed by atoms with Crippen LogP contribution in [0.25, 0.3) is 0 Å².